The zero-order chi connectivity index (χ0) is 14.2. The Labute approximate surface area is 119 Å². The predicted molar refractivity (Wildman–Crippen MR) is 78.0 cm³/mol. The quantitative estimate of drug-likeness (QED) is 0.761. The summed E-state index contributed by atoms with van der Waals surface area (Å²) in [6.45, 7) is 3.07. The summed E-state index contributed by atoms with van der Waals surface area (Å²) < 4.78 is 16.1. The van der Waals surface area contributed by atoms with Crippen molar-refractivity contribution >= 4 is 5.96 Å². The average Bonchev–Trinajstić information content (AvgIpc) is 2.52. The molecule has 0 aliphatic carbocycles. The maximum absolute atomic E-state index is 5.68. The van der Waals surface area contributed by atoms with Crippen molar-refractivity contribution in [2.24, 2.45) is 4.99 Å². The molecule has 20 heavy (non-hydrogen) atoms. The topological polar surface area (TPSA) is 64.1 Å². The SMILES string of the molecule is COc1cc(OC)cc(OCCNC2=NCCCN2)c1. The lowest BCUT2D eigenvalue weighted by molar-refractivity contribution is 0.315. The van der Waals surface area contributed by atoms with E-state index in [-0.39, 0.29) is 0 Å². The summed E-state index contributed by atoms with van der Waals surface area (Å²) in [5.74, 6) is 3.00. The Morgan fingerprint density at radius 1 is 1.15 bits per heavy atom. The van der Waals surface area contributed by atoms with Gasteiger partial charge >= 0.3 is 0 Å². The van der Waals surface area contributed by atoms with Gasteiger partial charge in [0.1, 0.15) is 23.9 Å². The molecule has 0 atom stereocenters. The van der Waals surface area contributed by atoms with E-state index in [4.69, 9.17) is 14.2 Å². The molecule has 0 spiro atoms. The minimum Gasteiger partial charge on any atom is -0.496 e. The molecular formula is C14H21N3O3. The molecular weight excluding hydrogens is 258 g/mol. The standard InChI is InChI=1S/C14H21N3O3/c1-18-11-8-12(19-2)10-13(9-11)20-7-6-17-14-15-4-3-5-16-14/h8-10H,3-7H2,1-2H3,(H2,15,16,17). The third-order valence-electron chi connectivity index (χ3n) is 2.89. The van der Waals surface area contributed by atoms with Gasteiger partial charge in [-0.25, -0.2) is 0 Å². The summed E-state index contributed by atoms with van der Waals surface area (Å²) in [5, 5.41) is 6.40. The van der Waals surface area contributed by atoms with Gasteiger partial charge in [0, 0.05) is 31.3 Å². The molecule has 0 fully saturated rings. The van der Waals surface area contributed by atoms with Gasteiger partial charge in [0.15, 0.2) is 5.96 Å². The summed E-state index contributed by atoms with van der Waals surface area (Å²) in [4.78, 5) is 4.33. The predicted octanol–water partition coefficient (Wildman–Crippen LogP) is 1.02. The molecule has 110 valence electrons. The normalized spacial score (nSPS) is 14.0. The number of guanidine groups is 1. The molecule has 0 unspecified atom stereocenters. The van der Waals surface area contributed by atoms with Gasteiger partial charge in [-0.3, -0.25) is 4.99 Å². The number of nitrogens with one attached hydrogen (secondary N) is 2. The van der Waals surface area contributed by atoms with Crippen molar-refractivity contribution < 1.29 is 14.2 Å². The molecule has 0 radical (unpaired) electrons. The number of hydrogen-bond donors (Lipinski definition) is 2. The molecule has 2 N–H and O–H groups in total. The van der Waals surface area contributed by atoms with Crippen molar-refractivity contribution in [3.8, 4) is 17.2 Å². The first-order chi connectivity index (χ1) is 9.81. The Morgan fingerprint density at radius 3 is 2.45 bits per heavy atom. The highest BCUT2D eigenvalue weighted by Gasteiger charge is 2.04. The van der Waals surface area contributed by atoms with Crippen molar-refractivity contribution in [3.63, 3.8) is 0 Å². The van der Waals surface area contributed by atoms with Gasteiger partial charge in [-0.15, -0.1) is 0 Å². The first-order valence-electron chi connectivity index (χ1n) is 6.70. The Balaban J connectivity index is 1.79. The van der Waals surface area contributed by atoms with E-state index in [2.05, 4.69) is 15.6 Å². The van der Waals surface area contributed by atoms with Gasteiger partial charge in [0.05, 0.1) is 20.8 Å². The summed E-state index contributed by atoms with van der Waals surface area (Å²) in [7, 11) is 3.24. The summed E-state index contributed by atoms with van der Waals surface area (Å²) in [5.41, 5.74) is 0. The van der Waals surface area contributed by atoms with E-state index >= 15 is 0 Å². The van der Waals surface area contributed by atoms with Crippen LogP contribution in [0.2, 0.25) is 0 Å². The van der Waals surface area contributed by atoms with E-state index in [0.717, 1.165) is 31.2 Å². The Bertz CT molecular complexity index is 441. The molecule has 1 aliphatic heterocycles. The monoisotopic (exact) mass is 279 g/mol. The van der Waals surface area contributed by atoms with Crippen molar-refractivity contribution in [3.05, 3.63) is 18.2 Å². The minimum absolute atomic E-state index is 0.539. The van der Waals surface area contributed by atoms with Crippen molar-refractivity contribution in [1.82, 2.24) is 10.6 Å². The largest absolute Gasteiger partial charge is 0.496 e. The molecule has 0 bridgehead atoms. The Morgan fingerprint density at radius 2 is 1.85 bits per heavy atom. The number of ether oxygens (including phenoxy) is 3. The van der Waals surface area contributed by atoms with Crippen molar-refractivity contribution in [1.29, 1.82) is 0 Å². The second-order valence-electron chi connectivity index (χ2n) is 4.33. The van der Waals surface area contributed by atoms with E-state index < -0.39 is 0 Å². The number of rotatable bonds is 6. The number of benzene rings is 1. The average molecular weight is 279 g/mol. The zero-order valence-corrected chi connectivity index (χ0v) is 11.9. The number of nitrogens with zero attached hydrogens (tertiary/aromatic N) is 1. The van der Waals surface area contributed by atoms with Gasteiger partial charge in [-0.2, -0.15) is 0 Å². The molecule has 0 amide bonds. The smallest absolute Gasteiger partial charge is 0.191 e. The van der Waals surface area contributed by atoms with Crippen LogP contribution < -0.4 is 24.8 Å². The van der Waals surface area contributed by atoms with E-state index in [9.17, 15) is 0 Å². The van der Waals surface area contributed by atoms with Crippen LogP contribution in [0.1, 0.15) is 6.42 Å². The molecule has 1 aliphatic rings. The fourth-order valence-corrected chi connectivity index (χ4v) is 1.85. The molecule has 1 aromatic carbocycles. The van der Waals surface area contributed by atoms with Crippen LogP contribution in [0, 0.1) is 0 Å². The van der Waals surface area contributed by atoms with E-state index in [0.29, 0.717) is 24.7 Å². The van der Waals surface area contributed by atoms with E-state index in [1.165, 1.54) is 0 Å². The third kappa shape index (κ3) is 4.22. The van der Waals surface area contributed by atoms with Gasteiger partial charge in [0.2, 0.25) is 0 Å². The maximum atomic E-state index is 5.68. The molecule has 2 rings (SSSR count). The van der Waals surface area contributed by atoms with Crippen LogP contribution in [0.15, 0.2) is 23.2 Å². The fraction of sp³-hybridized carbons (Fsp3) is 0.500. The van der Waals surface area contributed by atoms with E-state index in [1.54, 1.807) is 14.2 Å². The first kappa shape index (κ1) is 14.3. The summed E-state index contributed by atoms with van der Waals surface area (Å²) in [6, 6.07) is 5.48. The molecule has 0 aromatic heterocycles. The van der Waals surface area contributed by atoms with Gasteiger partial charge in [-0.05, 0) is 6.42 Å². The highest BCUT2D eigenvalue weighted by Crippen LogP contribution is 2.27. The molecule has 0 saturated carbocycles. The van der Waals surface area contributed by atoms with Crippen LogP contribution in [-0.2, 0) is 0 Å². The first-order valence-corrected chi connectivity index (χ1v) is 6.70. The molecule has 1 heterocycles. The van der Waals surface area contributed by atoms with Gasteiger partial charge in [0.25, 0.3) is 0 Å². The number of hydrogen-bond acceptors (Lipinski definition) is 6. The van der Waals surface area contributed by atoms with Crippen LogP contribution >= 0.6 is 0 Å². The number of methoxy groups -OCH3 is 2. The lowest BCUT2D eigenvalue weighted by atomic mass is 10.3. The van der Waals surface area contributed by atoms with Crippen molar-refractivity contribution in [2.75, 3.05) is 40.5 Å². The highest BCUT2D eigenvalue weighted by molar-refractivity contribution is 5.80. The van der Waals surface area contributed by atoms with Crippen LogP contribution in [-0.4, -0.2) is 46.4 Å². The molecule has 6 nitrogen and oxygen atoms in total. The van der Waals surface area contributed by atoms with Crippen LogP contribution in [0.4, 0.5) is 0 Å². The van der Waals surface area contributed by atoms with Gasteiger partial charge in [-0.1, -0.05) is 0 Å². The fourth-order valence-electron chi connectivity index (χ4n) is 1.85. The van der Waals surface area contributed by atoms with Crippen LogP contribution in [0.3, 0.4) is 0 Å². The third-order valence-corrected chi connectivity index (χ3v) is 2.89. The van der Waals surface area contributed by atoms with Crippen LogP contribution in [0.5, 0.6) is 17.2 Å². The lowest BCUT2D eigenvalue weighted by Crippen LogP contribution is -2.42. The Kier molecular flexibility index (Phi) is 5.34. The highest BCUT2D eigenvalue weighted by atomic mass is 16.5. The summed E-state index contributed by atoms with van der Waals surface area (Å²) in [6.07, 6.45) is 1.09. The lowest BCUT2D eigenvalue weighted by Gasteiger charge is -2.16. The van der Waals surface area contributed by atoms with E-state index in [1.807, 2.05) is 18.2 Å². The van der Waals surface area contributed by atoms with Gasteiger partial charge < -0.3 is 24.8 Å². The zero-order valence-electron chi connectivity index (χ0n) is 11.9. The second-order valence-corrected chi connectivity index (χ2v) is 4.33. The molecule has 0 saturated heterocycles. The summed E-state index contributed by atoms with van der Waals surface area (Å²) >= 11 is 0. The van der Waals surface area contributed by atoms with Crippen LogP contribution in [0.25, 0.3) is 0 Å². The Hall–Kier alpha value is -2.11. The molecule has 1 aromatic rings. The second kappa shape index (κ2) is 7.47. The van der Waals surface area contributed by atoms with Crippen molar-refractivity contribution in [2.45, 2.75) is 6.42 Å². The minimum atomic E-state index is 0.539. The molecule has 6 heteroatoms. The number of aliphatic imine (C=N–C) groups is 1. The maximum Gasteiger partial charge on any atom is 0.191 e.